The minimum Gasteiger partial charge on any atom is -0.374 e. The second-order valence-electron chi connectivity index (χ2n) is 4.83. The summed E-state index contributed by atoms with van der Waals surface area (Å²) in [6, 6.07) is 5.78. The van der Waals surface area contributed by atoms with Crippen LogP contribution < -0.4 is 4.90 Å². The van der Waals surface area contributed by atoms with Gasteiger partial charge in [-0.3, -0.25) is 4.79 Å². The summed E-state index contributed by atoms with van der Waals surface area (Å²) in [4.78, 5) is 13.5. The summed E-state index contributed by atoms with van der Waals surface area (Å²) in [5.74, 6) is 0.801. The van der Waals surface area contributed by atoms with Crippen LogP contribution in [0.4, 0.5) is 5.69 Å². The molecule has 0 heterocycles. The first kappa shape index (κ1) is 14.2. The molecule has 1 aromatic carbocycles. The Hall–Kier alpha value is -0.830. The van der Waals surface area contributed by atoms with Gasteiger partial charge >= 0.3 is 0 Å². The van der Waals surface area contributed by atoms with Gasteiger partial charge in [0.2, 0.25) is 0 Å². The fourth-order valence-corrected chi connectivity index (χ4v) is 2.29. The average Bonchev–Trinajstić information content (AvgIpc) is 2.25. The van der Waals surface area contributed by atoms with Gasteiger partial charge in [0, 0.05) is 23.6 Å². The minimum absolute atomic E-state index is 0.0992. The highest BCUT2D eigenvalue weighted by Crippen LogP contribution is 2.27. The third-order valence-corrected chi connectivity index (χ3v) is 3.44. The van der Waals surface area contributed by atoms with E-state index in [0.717, 1.165) is 28.7 Å². The lowest BCUT2D eigenvalue weighted by Crippen LogP contribution is -2.20. The number of hydrogen-bond acceptors (Lipinski definition) is 2. The Bertz CT molecular complexity index is 401. The highest BCUT2D eigenvalue weighted by molar-refractivity contribution is 9.10. The monoisotopic (exact) mass is 297 g/mol. The zero-order valence-corrected chi connectivity index (χ0v) is 12.5. The van der Waals surface area contributed by atoms with Crippen LogP contribution in [-0.4, -0.2) is 19.4 Å². The van der Waals surface area contributed by atoms with E-state index in [4.69, 9.17) is 0 Å². The molecule has 1 rings (SSSR count). The number of anilines is 1. The number of carbonyl (C=O) groups is 1. The number of benzene rings is 1. The first-order valence-electron chi connectivity index (χ1n) is 5.93. The maximum absolute atomic E-state index is 11.3. The average molecular weight is 298 g/mol. The third kappa shape index (κ3) is 4.15. The summed E-state index contributed by atoms with van der Waals surface area (Å²) in [5, 5.41) is 0. The first-order valence-corrected chi connectivity index (χ1v) is 6.72. The molecule has 0 aliphatic carbocycles. The van der Waals surface area contributed by atoms with Crippen LogP contribution in [0.25, 0.3) is 0 Å². The molecule has 17 heavy (non-hydrogen) atoms. The summed E-state index contributed by atoms with van der Waals surface area (Å²) in [6.45, 7) is 7.06. The van der Waals surface area contributed by atoms with Crippen molar-refractivity contribution >= 4 is 27.4 Å². The molecule has 0 saturated heterocycles. The lowest BCUT2D eigenvalue weighted by atomic mass is 10.1. The van der Waals surface area contributed by atoms with Gasteiger partial charge in [-0.1, -0.05) is 13.8 Å². The van der Waals surface area contributed by atoms with Crippen LogP contribution in [0.1, 0.15) is 37.6 Å². The molecule has 0 atom stereocenters. The highest BCUT2D eigenvalue weighted by Gasteiger charge is 2.08. The van der Waals surface area contributed by atoms with Gasteiger partial charge in [-0.25, -0.2) is 0 Å². The predicted octanol–water partition coefficient (Wildman–Crippen LogP) is 4.13. The molecule has 0 saturated carbocycles. The molecule has 0 aliphatic rings. The molecule has 1 aromatic rings. The van der Waals surface area contributed by atoms with Crippen LogP contribution >= 0.6 is 15.9 Å². The van der Waals surface area contributed by atoms with Gasteiger partial charge in [0.25, 0.3) is 0 Å². The molecular weight excluding hydrogens is 278 g/mol. The lowest BCUT2D eigenvalue weighted by molar-refractivity contribution is 0.101. The smallest absolute Gasteiger partial charge is 0.159 e. The van der Waals surface area contributed by atoms with Gasteiger partial charge in [-0.05, 0) is 53.4 Å². The van der Waals surface area contributed by atoms with E-state index in [1.807, 2.05) is 18.2 Å². The molecule has 0 aliphatic heterocycles. The van der Waals surface area contributed by atoms with Crippen molar-refractivity contribution in [3.63, 3.8) is 0 Å². The fourth-order valence-electron chi connectivity index (χ4n) is 1.61. The Labute approximate surface area is 112 Å². The number of carbonyl (C=O) groups excluding carboxylic acids is 1. The molecule has 2 nitrogen and oxygen atoms in total. The van der Waals surface area contributed by atoms with Crippen LogP contribution in [-0.2, 0) is 0 Å². The standard InChI is InChI=1S/C14H20BrNO/c1-10(2)7-8-16(4)14-6-5-12(11(3)17)9-13(14)15/h5-6,9-10H,7-8H2,1-4H3. The maximum Gasteiger partial charge on any atom is 0.159 e. The van der Waals surface area contributed by atoms with Crippen LogP contribution in [0, 0.1) is 5.92 Å². The molecule has 0 unspecified atom stereocenters. The summed E-state index contributed by atoms with van der Waals surface area (Å²) in [7, 11) is 2.08. The second-order valence-corrected chi connectivity index (χ2v) is 5.68. The molecular formula is C14H20BrNO. The van der Waals surface area contributed by atoms with E-state index < -0.39 is 0 Å². The summed E-state index contributed by atoms with van der Waals surface area (Å²) in [5.41, 5.74) is 1.88. The normalized spacial score (nSPS) is 10.7. The van der Waals surface area contributed by atoms with E-state index in [2.05, 4.69) is 41.7 Å². The lowest BCUT2D eigenvalue weighted by Gasteiger charge is -2.22. The van der Waals surface area contributed by atoms with E-state index in [-0.39, 0.29) is 5.78 Å². The van der Waals surface area contributed by atoms with Crippen molar-refractivity contribution in [2.24, 2.45) is 5.92 Å². The van der Waals surface area contributed by atoms with Gasteiger partial charge < -0.3 is 4.90 Å². The van der Waals surface area contributed by atoms with Crippen molar-refractivity contribution < 1.29 is 4.79 Å². The zero-order valence-electron chi connectivity index (χ0n) is 11.0. The van der Waals surface area contributed by atoms with Crippen LogP contribution in [0.3, 0.4) is 0 Å². The van der Waals surface area contributed by atoms with E-state index in [9.17, 15) is 4.79 Å². The number of halogens is 1. The van der Waals surface area contributed by atoms with Crippen molar-refractivity contribution in [2.75, 3.05) is 18.5 Å². The van der Waals surface area contributed by atoms with E-state index in [1.54, 1.807) is 6.92 Å². The fraction of sp³-hybridized carbons (Fsp3) is 0.500. The van der Waals surface area contributed by atoms with E-state index >= 15 is 0 Å². The molecule has 0 aromatic heterocycles. The molecule has 0 radical (unpaired) electrons. The van der Waals surface area contributed by atoms with Gasteiger partial charge in [0.05, 0.1) is 5.69 Å². The van der Waals surface area contributed by atoms with Gasteiger partial charge in [0.15, 0.2) is 5.78 Å². The Kier molecular flexibility index (Phi) is 5.19. The molecule has 3 heteroatoms. The molecule has 94 valence electrons. The third-order valence-electron chi connectivity index (χ3n) is 2.81. The molecule has 0 fully saturated rings. The number of Topliss-reactive ketones (excluding diaryl/α,β-unsaturated/α-hetero) is 1. The van der Waals surface area contributed by atoms with Crippen molar-refractivity contribution in [1.82, 2.24) is 0 Å². The zero-order chi connectivity index (χ0) is 13.0. The summed E-state index contributed by atoms with van der Waals surface area (Å²) >= 11 is 3.53. The highest BCUT2D eigenvalue weighted by atomic mass is 79.9. The largest absolute Gasteiger partial charge is 0.374 e. The Morgan fingerprint density at radius 2 is 2.06 bits per heavy atom. The number of nitrogens with zero attached hydrogens (tertiary/aromatic N) is 1. The van der Waals surface area contributed by atoms with Gasteiger partial charge in [-0.15, -0.1) is 0 Å². The van der Waals surface area contributed by atoms with Crippen molar-refractivity contribution in [2.45, 2.75) is 27.2 Å². The Morgan fingerprint density at radius 3 is 2.53 bits per heavy atom. The first-order chi connectivity index (χ1) is 7.91. The summed E-state index contributed by atoms with van der Waals surface area (Å²) in [6.07, 6.45) is 1.16. The van der Waals surface area contributed by atoms with Crippen LogP contribution in [0.15, 0.2) is 22.7 Å². The molecule has 0 amide bonds. The minimum atomic E-state index is 0.0992. The summed E-state index contributed by atoms with van der Waals surface area (Å²) < 4.78 is 0.983. The van der Waals surface area contributed by atoms with Gasteiger partial charge in [-0.2, -0.15) is 0 Å². The molecule has 0 spiro atoms. The van der Waals surface area contributed by atoms with Crippen LogP contribution in [0.2, 0.25) is 0 Å². The number of ketones is 1. The van der Waals surface area contributed by atoms with Crippen LogP contribution in [0.5, 0.6) is 0 Å². The topological polar surface area (TPSA) is 20.3 Å². The van der Waals surface area contributed by atoms with E-state index in [0.29, 0.717) is 5.92 Å². The predicted molar refractivity (Wildman–Crippen MR) is 76.9 cm³/mol. The SMILES string of the molecule is CC(=O)c1ccc(N(C)CCC(C)C)c(Br)c1. The maximum atomic E-state index is 11.3. The Balaban J connectivity index is 2.81. The van der Waals surface area contributed by atoms with E-state index in [1.165, 1.54) is 0 Å². The molecule has 0 bridgehead atoms. The van der Waals surface area contributed by atoms with Crippen molar-refractivity contribution in [3.05, 3.63) is 28.2 Å². The number of rotatable bonds is 5. The second kappa shape index (κ2) is 6.20. The van der Waals surface area contributed by atoms with Crippen molar-refractivity contribution in [3.8, 4) is 0 Å². The quantitative estimate of drug-likeness (QED) is 0.762. The van der Waals surface area contributed by atoms with Crippen molar-refractivity contribution in [1.29, 1.82) is 0 Å². The molecule has 0 N–H and O–H groups in total. The van der Waals surface area contributed by atoms with Gasteiger partial charge in [0.1, 0.15) is 0 Å². The number of hydrogen-bond donors (Lipinski definition) is 0. The Morgan fingerprint density at radius 1 is 1.41 bits per heavy atom.